The Morgan fingerprint density at radius 2 is 2.10 bits per heavy atom. The van der Waals surface area contributed by atoms with Gasteiger partial charge in [-0.25, -0.2) is 4.79 Å². The maximum Gasteiger partial charge on any atom is 0.329 e. The normalized spacial score (nSPS) is 13.3. The van der Waals surface area contributed by atoms with Gasteiger partial charge in [0.1, 0.15) is 5.54 Å². The Hall–Kier alpha value is -1.96. The van der Waals surface area contributed by atoms with Crippen LogP contribution in [0, 0.1) is 10.1 Å². The van der Waals surface area contributed by atoms with Crippen LogP contribution in [0.25, 0.3) is 0 Å². The van der Waals surface area contributed by atoms with E-state index in [0.717, 1.165) is 6.07 Å². The van der Waals surface area contributed by atoms with Crippen molar-refractivity contribution in [1.29, 1.82) is 0 Å². The van der Waals surface area contributed by atoms with Crippen LogP contribution < -0.4 is 5.32 Å². The summed E-state index contributed by atoms with van der Waals surface area (Å²) in [6, 6.07) is 3.71. The SMILES string of the molecule is CCC(C)(NC(=O)c1cc([N+](=O)[O-])ccc1Br)C(=O)O. The molecule has 108 valence electrons. The Labute approximate surface area is 123 Å². The number of carbonyl (C=O) groups is 2. The van der Waals surface area contributed by atoms with E-state index in [9.17, 15) is 19.7 Å². The molecule has 1 amide bonds. The van der Waals surface area contributed by atoms with Crippen molar-refractivity contribution in [2.45, 2.75) is 25.8 Å². The lowest BCUT2D eigenvalue weighted by molar-refractivity contribution is -0.384. The van der Waals surface area contributed by atoms with Crippen LogP contribution in [0.15, 0.2) is 22.7 Å². The fraction of sp³-hybridized carbons (Fsp3) is 0.333. The average Bonchev–Trinajstić information content (AvgIpc) is 2.38. The topological polar surface area (TPSA) is 110 Å². The summed E-state index contributed by atoms with van der Waals surface area (Å²) in [5.74, 6) is -1.86. The first-order chi connectivity index (χ1) is 9.21. The molecule has 0 aliphatic carbocycles. The van der Waals surface area contributed by atoms with Crippen LogP contribution in [0.5, 0.6) is 0 Å². The monoisotopic (exact) mass is 344 g/mol. The molecule has 0 saturated heterocycles. The number of non-ortho nitro benzene ring substituents is 1. The molecule has 1 aromatic rings. The van der Waals surface area contributed by atoms with Crippen LogP contribution in [0.3, 0.4) is 0 Å². The van der Waals surface area contributed by atoms with Gasteiger partial charge < -0.3 is 10.4 Å². The van der Waals surface area contributed by atoms with Crippen molar-refractivity contribution >= 4 is 33.5 Å². The molecule has 1 unspecified atom stereocenters. The third kappa shape index (κ3) is 3.32. The molecule has 2 N–H and O–H groups in total. The van der Waals surface area contributed by atoms with Crippen molar-refractivity contribution in [2.75, 3.05) is 0 Å². The van der Waals surface area contributed by atoms with Gasteiger partial charge in [0.2, 0.25) is 0 Å². The highest BCUT2D eigenvalue weighted by Gasteiger charge is 2.33. The molecule has 1 atom stereocenters. The number of nitrogens with one attached hydrogen (secondary N) is 1. The van der Waals surface area contributed by atoms with Crippen LogP contribution >= 0.6 is 15.9 Å². The first-order valence-corrected chi connectivity index (χ1v) is 6.50. The van der Waals surface area contributed by atoms with E-state index in [2.05, 4.69) is 21.2 Å². The average molecular weight is 345 g/mol. The molecule has 0 saturated carbocycles. The van der Waals surface area contributed by atoms with E-state index in [4.69, 9.17) is 5.11 Å². The van der Waals surface area contributed by atoms with Gasteiger partial charge in [-0.05, 0) is 35.3 Å². The van der Waals surface area contributed by atoms with E-state index < -0.39 is 22.3 Å². The van der Waals surface area contributed by atoms with E-state index in [1.54, 1.807) is 6.92 Å². The van der Waals surface area contributed by atoms with Gasteiger partial charge in [-0.15, -0.1) is 0 Å². The lowest BCUT2D eigenvalue weighted by Gasteiger charge is -2.24. The van der Waals surface area contributed by atoms with Crippen LogP contribution in [0.4, 0.5) is 5.69 Å². The number of nitrogens with zero attached hydrogens (tertiary/aromatic N) is 1. The molecule has 1 aromatic carbocycles. The van der Waals surface area contributed by atoms with E-state index >= 15 is 0 Å². The molecule has 0 aliphatic rings. The summed E-state index contributed by atoms with van der Waals surface area (Å²) in [6.45, 7) is 3.00. The highest BCUT2D eigenvalue weighted by Crippen LogP contribution is 2.23. The Kier molecular flexibility index (Phi) is 4.83. The molecular formula is C12H13BrN2O5. The van der Waals surface area contributed by atoms with Gasteiger partial charge in [0.25, 0.3) is 11.6 Å². The van der Waals surface area contributed by atoms with Gasteiger partial charge in [0.15, 0.2) is 0 Å². The van der Waals surface area contributed by atoms with Gasteiger partial charge in [-0.3, -0.25) is 14.9 Å². The summed E-state index contributed by atoms with van der Waals surface area (Å²) in [5, 5.41) is 22.2. The Morgan fingerprint density at radius 1 is 1.50 bits per heavy atom. The summed E-state index contributed by atoms with van der Waals surface area (Å²) in [6.07, 6.45) is 0.181. The Morgan fingerprint density at radius 3 is 2.55 bits per heavy atom. The first kappa shape index (κ1) is 16.1. The third-order valence-corrected chi connectivity index (χ3v) is 3.67. The number of rotatable bonds is 5. The lowest BCUT2D eigenvalue weighted by Crippen LogP contribution is -2.51. The number of hydrogen-bond donors (Lipinski definition) is 2. The largest absolute Gasteiger partial charge is 0.480 e. The predicted octanol–water partition coefficient (Wildman–Crippen LogP) is 2.34. The van der Waals surface area contributed by atoms with Gasteiger partial charge in [-0.2, -0.15) is 0 Å². The number of carbonyl (C=O) groups excluding carboxylic acids is 1. The molecule has 0 fully saturated rings. The zero-order valence-corrected chi connectivity index (χ0v) is 12.4. The molecule has 0 spiro atoms. The number of aliphatic carboxylic acids is 1. The molecule has 0 aliphatic heterocycles. The van der Waals surface area contributed by atoms with E-state index in [1.165, 1.54) is 19.1 Å². The highest BCUT2D eigenvalue weighted by atomic mass is 79.9. The standard InChI is InChI=1S/C12H13BrN2O5/c1-3-12(2,11(17)18)14-10(16)8-6-7(15(19)20)4-5-9(8)13/h4-6H,3H2,1-2H3,(H,14,16)(H,17,18). The van der Waals surface area contributed by atoms with E-state index in [0.29, 0.717) is 4.47 Å². The Bertz CT molecular complexity index is 575. The molecule has 0 aromatic heterocycles. The minimum Gasteiger partial charge on any atom is -0.480 e. The summed E-state index contributed by atoms with van der Waals surface area (Å²) in [4.78, 5) is 33.3. The molecular weight excluding hydrogens is 332 g/mol. The minimum absolute atomic E-state index is 0.0140. The van der Waals surface area contributed by atoms with Crippen LogP contribution in [0.1, 0.15) is 30.6 Å². The van der Waals surface area contributed by atoms with Crippen molar-refractivity contribution < 1.29 is 19.6 Å². The molecule has 0 radical (unpaired) electrons. The zero-order chi connectivity index (χ0) is 15.5. The first-order valence-electron chi connectivity index (χ1n) is 5.71. The molecule has 20 heavy (non-hydrogen) atoms. The highest BCUT2D eigenvalue weighted by molar-refractivity contribution is 9.10. The maximum atomic E-state index is 12.1. The molecule has 0 bridgehead atoms. The number of benzene rings is 1. The lowest BCUT2D eigenvalue weighted by atomic mass is 9.98. The molecule has 1 rings (SSSR count). The second kappa shape index (κ2) is 6.00. The second-order valence-electron chi connectivity index (χ2n) is 4.37. The molecule has 7 nitrogen and oxygen atoms in total. The zero-order valence-electron chi connectivity index (χ0n) is 10.8. The number of halogens is 1. The summed E-state index contributed by atoms with van der Waals surface area (Å²) in [7, 11) is 0. The van der Waals surface area contributed by atoms with Gasteiger partial charge in [0, 0.05) is 16.6 Å². The number of nitro benzene ring substituents is 1. The predicted molar refractivity (Wildman–Crippen MR) is 74.6 cm³/mol. The molecule has 8 heteroatoms. The third-order valence-electron chi connectivity index (χ3n) is 2.97. The summed E-state index contributed by atoms with van der Waals surface area (Å²) < 4.78 is 0.351. The van der Waals surface area contributed by atoms with E-state index in [-0.39, 0.29) is 17.7 Å². The fourth-order valence-electron chi connectivity index (χ4n) is 1.41. The minimum atomic E-state index is -1.43. The van der Waals surface area contributed by atoms with Crippen LogP contribution in [0.2, 0.25) is 0 Å². The van der Waals surface area contributed by atoms with E-state index in [1.807, 2.05) is 0 Å². The maximum absolute atomic E-state index is 12.1. The van der Waals surface area contributed by atoms with Gasteiger partial charge in [-0.1, -0.05) is 6.92 Å². The number of amides is 1. The number of carboxylic acid groups (broad SMARTS) is 1. The van der Waals surface area contributed by atoms with Crippen molar-refractivity contribution in [1.82, 2.24) is 5.32 Å². The quantitative estimate of drug-likeness (QED) is 0.629. The van der Waals surface area contributed by atoms with Gasteiger partial charge >= 0.3 is 5.97 Å². The summed E-state index contributed by atoms with van der Waals surface area (Å²) >= 11 is 3.12. The second-order valence-corrected chi connectivity index (χ2v) is 5.22. The number of nitro groups is 1. The van der Waals surface area contributed by atoms with Crippen molar-refractivity contribution in [3.05, 3.63) is 38.3 Å². The molecule has 0 heterocycles. The Balaban J connectivity index is 3.12. The van der Waals surface area contributed by atoms with Crippen molar-refractivity contribution in [2.24, 2.45) is 0 Å². The number of carboxylic acids is 1. The van der Waals surface area contributed by atoms with Crippen molar-refractivity contribution in [3.63, 3.8) is 0 Å². The summed E-state index contributed by atoms with van der Waals surface area (Å²) in [5.41, 5.74) is -1.66. The van der Waals surface area contributed by atoms with Crippen molar-refractivity contribution in [3.8, 4) is 0 Å². The number of hydrogen-bond acceptors (Lipinski definition) is 4. The van der Waals surface area contributed by atoms with Crippen LogP contribution in [-0.4, -0.2) is 27.4 Å². The fourth-order valence-corrected chi connectivity index (χ4v) is 1.84. The van der Waals surface area contributed by atoms with Crippen LogP contribution in [-0.2, 0) is 4.79 Å². The smallest absolute Gasteiger partial charge is 0.329 e. The van der Waals surface area contributed by atoms with Gasteiger partial charge in [0.05, 0.1) is 10.5 Å².